The monoisotopic (exact) mass is 438 g/mol. The van der Waals surface area contributed by atoms with Crippen molar-refractivity contribution in [2.24, 2.45) is 5.14 Å². The number of sulfonamides is 1. The number of amides is 1. The maximum Gasteiger partial charge on any atom is 0.253 e. The maximum atomic E-state index is 12.9. The lowest BCUT2D eigenvalue weighted by Crippen LogP contribution is -2.42. The molecule has 1 aliphatic rings. The van der Waals surface area contributed by atoms with Crippen LogP contribution in [0.15, 0.2) is 58.3 Å². The molecule has 0 unspecified atom stereocenters. The molecule has 0 aliphatic carbocycles. The molecule has 0 saturated carbocycles. The lowest BCUT2D eigenvalue weighted by atomic mass is 10.1. The lowest BCUT2D eigenvalue weighted by molar-refractivity contribution is 0.0725. The van der Waals surface area contributed by atoms with E-state index in [1.165, 1.54) is 43.5 Å². The van der Waals surface area contributed by atoms with Gasteiger partial charge in [-0.25, -0.2) is 22.0 Å². The van der Waals surface area contributed by atoms with Crippen molar-refractivity contribution < 1.29 is 26.4 Å². The average molecular weight is 439 g/mol. The predicted octanol–water partition coefficient (Wildman–Crippen LogP) is 1.42. The molecule has 156 valence electrons. The molecule has 2 N–H and O–H groups in total. The Kier molecular flexibility index (Phi) is 5.97. The molecular formula is C19H22N2O6S2. The van der Waals surface area contributed by atoms with E-state index in [1.54, 1.807) is 17.0 Å². The van der Waals surface area contributed by atoms with E-state index in [4.69, 9.17) is 9.88 Å². The van der Waals surface area contributed by atoms with E-state index >= 15 is 0 Å². The molecule has 1 saturated heterocycles. The molecule has 29 heavy (non-hydrogen) atoms. The number of hydrogen-bond donors (Lipinski definition) is 1. The third-order valence-electron chi connectivity index (χ3n) is 4.99. The number of carbonyl (C=O) groups excluding carboxylic acids is 1. The summed E-state index contributed by atoms with van der Waals surface area (Å²) in [7, 11) is -5.81. The van der Waals surface area contributed by atoms with Gasteiger partial charge in [-0.1, -0.05) is 0 Å². The van der Waals surface area contributed by atoms with Crippen LogP contribution in [0.5, 0.6) is 5.75 Å². The van der Waals surface area contributed by atoms with Gasteiger partial charge >= 0.3 is 0 Å². The summed E-state index contributed by atoms with van der Waals surface area (Å²) in [6, 6.07) is 11.6. The summed E-state index contributed by atoms with van der Waals surface area (Å²) in [5, 5.41) is 4.49. The number of nitrogens with two attached hydrogens (primary N) is 1. The Hall–Kier alpha value is -2.43. The van der Waals surface area contributed by atoms with Gasteiger partial charge in [0.2, 0.25) is 10.0 Å². The minimum Gasteiger partial charge on any atom is -0.497 e. The number of nitrogens with zero attached hydrogens (tertiary/aromatic N) is 1. The molecule has 0 atom stereocenters. The normalized spacial score (nSPS) is 15.9. The van der Waals surface area contributed by atoms with E-state index in [0.717, 1.165) is 0 Å². The summed E-state index contributed by atoms with van der Waals surface area (Å²) in [5.41, 5.74) is 0.328. The van der Waals surface area contributed by atoms with E-state index < -0.39 is 25.1 Å². The number of primary sulfonamides is 1. The van der Waals surface area contributed by atoms with Crippen LogP contribution < -0.4 is 9.88 Å². The fraction of sp³-hybridized carbons (Fsp3) is 0.316. The van der Waals surface area contributed by atoms with Crippen LogP contribution in [-0.4, -0.2) is 53.1 Å². The first-order chi connectivity index (χ1) is 13.6. The van der Waals surface area contributed by atoms with E-state index in [-0.39, 0.29) is 15.7 Å². The highest BCUT2D eigenvalue weighted by Gasteiger charge is 2.33. The number of sulfone groups is 1. The van der Waals surface area contributed by atoms with Gasteiger partial charge in [0.1, 0.15) is 5.75 Å². The molecule has 1 heterocycles. The second-order valence-corrected chi connectivity index (χ2v) is 10.6. The standard InChI is InChI=1S/C19H22N2O6S2/c1-27-15-4-8-16(9-5-15)28(23,24)17-10-12-21(13-11-17)19(22)14-2-6-18(7-3-14)29(20,25)26/h2-9,17H,10-13H2,1H3,(H2,20,25,26). The molecule has 2 aromatic rings. The Morgan fingerprint density at radius 1 is 0.931 bits per heavy atom. The van der Waals surface area contributed by atoms with E-state index in [0.29, 0.717) is 37.2 Å². The first kappa shape index (κ1) is 21.3. The average Bonchev–Trinajstić information content (AvgIpc) is 2.73. The summed E-state index contributed by atoms with van der Waals surface area (Å²) >= 11 is 0. The van der Waals surface area contributed by atoms with Gasteiger partial charge in [0.25, 0.3) is 5.91 Å². The number of ether oxygens (including phenoxy) is 1. The minimum absolute atomic E-state index is 0.0710. The molecule has 0 spiro atoms. The Morgan fingerprint density at radius 3 is 1.93 bits per heavy atom. The van der Waals surface area contributed by atoms with Crippen molar-refractivity contribution in [1.29, 1.82) is 0 Å². The SMILES string of the molecule is COc1ccc(S(=O)(=O)C2CCN(C(=O)c3ccc(S(N)(=O)=O)cc3)CC2)cc1. The Morgan fingerprint density at radius 2 is 1.45 bits per heavy atom. The largest absolute Gasteiger partial charge is 0.497 e. The van der Waals surface area contributed by atoms with E-state index in [2.05, 4.69) is 0 Å². The van der Waals surface area contributed by atoms with Crippen LogP contribution >= 0.6 is 0 Å². The third-order valence-corrected chi connectivity index (χ3v) is 8.19. The van der Waals surface area contributed by atoms with Crippen LogP contribution in [0.3, 0.4) is 0 Å². The van der Waals surface area contributed by atoms with Crippen molar-refractivity contribution in [2.45, 2.75) is 27.9 Å². The van der Waals surface area contributed by atoms with Crippen molar-refractivity contribution in [3.05, 3.63) is 54.1 Å². The van der Waals surface area contributed by atoms with Crippen molar-refractivity contribution in [1.82, 2.24) is 4.90 Å². The quantitative estimate of drug-likeness (QED) is 0.753. The molecule has 3 rings (SSSR count). The second kappa shape index (κ2) is 8.13. The van der Waals surface area contributed by atoms with Gasteiger partial charge in [-0.2, -0.15) is 0 Å². The summed E-state index contributed by atoms with van der Waals surface area (Å²) in [5.74, 6) is 0.309. The van der Waals surface area contributed by atoms with E-state index in [1.807, 2.05) is 0 Å². The molecule has 0 bridgehead atoms. The zero-order chi connectivity index (χ0) is 21.2. The van der Waals surface area contributed by atoms with Gasteiger partial charge in [0.05, 0.1) is 22.2 Å². The molecule has 1 aliphatic heterocycles. The minimum atomic E-state index is -3.82. The van der Waals surface area contributed by atoms with Crippen molar-refractivity contribution in [3.8, 4) is 5.75 Å². The highest BCUT2D eigenvalue weighted by Crippen LogP contribution is 2.26. The molecule has 0 radical (unpaired) electrons. The topological polar surface area (TPSA) is 124 Å². The van der Waals surface area contributed by atoms with Crippen LogP contribution in [-0.2, 0) is 19.9 Å². The Balaban J connectivity index is 1.67. The van der Waals surface area contributed by atoms with Crippen LogP contribution in [0, 0.1) is 0 Å². The fourth-order valence-corrected chi connectivity index (χ4v) is 5.54. The van der Waals surface area contributed by atoms with Gasteiger partial charge in [-0.15, -0.1) is 0 Å². The first-order valence-corrected chi connectivity index (χ1v) is 12.0. The van der Waals surface area contributed by atoms with Gasteiger partial charge in [0.15, 0.2) is 9.84 Å². The molecule has 8 nitrogen and oxygen atoms in total. The molecular weight excluding hydrogens is 416 g/mol. The summed E-state index contributed by atoms with van der Waals surface area (Å²) in [6.45, 7) is 0.603. The second-order valence-electron chi connectivity index (χ2n) is 6.78. The molecule has 1 fully saturated rings. The molecule has 0 aromatic heterocycles. The van der Waals surface area contributed by atoms with Crippen LogP contribution in [0.1, 0.15) is 23.2 Å². The zero-order valence-electron chi connectivity index (χ0n) is 15.8. The summed E-state index contributed by atoms with van der Waals surface area (Å²) < 4.78 is 53.4. The molecule has 10 heteroatoms. The van der Waals surface area contributed by atoms with Crippen molar-refractivity contribution >= 4 is 25.8 Å². The molecule has 1 amide bonds. The highest BCUT2D eigenvalue weighted by atomic mass is 32.2. The third kappa shape index (κ3) is 4.60. The summed E-state index contributed by atoms with van der Waals surface area (Å²) in [6.07, 6.45) is 0.657. The van der Waals surface area contributed by atoms with Gasteiger partial charge < -0.3 is 9.64 Å². The number of likely N-dealkylation sites (tertiary alicyclic amines) is 1. The van der Waals surface area contributed by atoms with Crippen molar-refractivity contribution in [2.75, 3.05) is 20.2 Å². The molecule has 2 aromatic carbocycles. The number of carbonyl (C=O) groups is 1. The zero-order valence-corrected chi connectivity index (χ0v) is 17.4. The summed E-state index contributed by atoms with van der Waals surface area (Å²) in [4.78, 5) is 14.4. The number of hydrogen-bond acceptors (Lipinski definition) is 6. The number of rotatable bonds is 5. The smallest absolute Gasteiger partial charge is 0.253 e. The highest BCUT2D eigenvalue weighted by molar-refractivity contribution is 7.92. The van der Waals surface area contributed by atoms with Gasteiger partial charge in [-0.05, 0) is 61.4 Å². The van der Waals surface area contributed by atoms with Crippen LogP contribution in [0.4, 0.5) is 0 Å². The number of methoxy groups -OCH3 is 1. The first-order valence-electron chi connectivity index (χ1n) is 8.93. The van der Waals surface area contributed by atoms with Gasteiger partial charge in [0, 0.05) is 18.7 Å². The maximum absolute atomic E-state index is 12.9. The number of piperidine rings is 1. The van der Waals surface area contributed by atoms with E-state index in [9.17, 15) is 21.6 Å². The van der Waals surface area contributed by atoms with Crippen LogP contribution in [0.2, 0.25) is 0 Å². The Labute approximate surface area is 170 Å². The predicted molar refractivity (Wildman–Crippen MR) is 107 cm³/mol. The Bertz CT molecular complexity index is 1090. The van der Waals surface area contributed by atoms with Crippen LogP contribution in [0.25, 0.3) is 0 Å². The van der Waals surface area contributed by atoms with Gasteiger partial charge in [-0.3, -0.25) is 4.79 Å². The number of benzene rings is 2. The lowest BCUT2D eigenvalue weighted by Gasteiger charge is -2.31. The van der Waals surface area contributed by atoms with Crippen molar-refractivity contribution in [3.63, 3.8) is 0 Å². The fourth-order valence-electron chi connectivity index (χ4n) is 3.30.